The van der Waals surface area contributed by atoms with Gasteiger partial charge in [-0.15, -0.1) is 0 Å². The summed E-state index contributed by atoms with van der Waals surface area (Å²) in [7, 11) is 0. The first kappa shape index (κ1) is 13.4. The van der Waals surface area contributed by atoms with Gasteiger partial charge in [0.05, 0.1) is 0 Å². The lowest BCUT2D eigenvalue weighted by atomic mass is 9.89. The molecule has 2 amide bonds. The van der Waals surface area contributed by atoms with E-state index >= 15 is 0 Å². The molecule has 0 radical (unpaired) electrons. The van der Waals surface area contributed by atoms with Crippen molar-refractivity contribution in [3.05, 3.63) is 0 Å². The molecule has 1 aliphatic carbocycles. The maximum Gasteiger partial charge on any atom is 0.248 e. The number of rotatable bonds is 3. The Bertz CT molecular complexity index is 372. The van der Waals surface area contributed by atoms with Gasteiger partial charge in [0.1, 0.15) is 11.6 Å². The molecule has 2 aliphatic rings. The van der Waals surface area contributed by atoms with Crippen molar-refractivity contribution in [3.8, 4) is 0 Å². The highest BCUT2D eigenvalue weighted by atomic mass is 16.2. The van der Waals surface area contributed by atoms with E-state index in [0.29, 0.717) is 5.92 Å². The maximum absolute atomic E-state index is 12.6. The molecule has 18 heavy (non-hydrogen) atoms. The molecule has 1 saturated heterocycles. The van der Waals surface area contributed by atoms with Crippen LogP contribution in [0, 0.1) is 11.8 Å². The molecule has 1 heterocycles. The third kappa shape index (κ3) is 2.13. The van der Waals surface area contributed by atoms with E-state index in [1.54, 1.807) is 13.8 Å². The Kier molecular flexibility index (Phi) is 3.16. The van der Waals surface area contributed by atoms with E-state index in [9.17, 15) is 9.59 Å². The summed E-state index contributed by atoms with van der Waals surface area (Å²) in [6.45, 7) is 9.66. The van der Waals surface area contributed by atoms with Crippen molar-refractivity contribution in [1.82, 2.24) is 10.2 Å². The molecule has 2 unspecified atom stereocenters. The molecule has 0 aromatic carbocycles. The third-order valence-electron chi connectivity index (χ3n) is 4.15. The van der Waals surface area contributed by atoms with Gasteiger partial charge in [-0.25, -0.2) is 0 Å². The number of carbonyl (C=O) groups is 2. The number of amides is 2. The Morgan fingerprint density at radius 1 is 1.22 bits per heavy atom. The van der Waals surface area contributed by atoms with Crippen molar-refractivity contribution >= 4 is 11.8 Å². The first-order valence-electron chi connectivity index (χ1n) is 6.90. The lowest BCUT2D eigenvalue weighted by Gasteiger charge is -2.47. The predicted octanol–water partition coefficient (Wildman–Crippen LogP) is 1.55. The van der Waals surface area contributed by atoms with Crippen molar-refractivity contribution < 1.29 is 9.59 Å². The minimum absolute atomic E-state index is 0.0119. The molecule has 102 valence electrons. The summed E-state index contributed by atoms with van der Waals surface area (Å²) >= 11 is 0. The Labute approximate surface area is 109 Å². The van der Waals surface area contributed by atoms with Gasteiger partial charge in [0.15, 0.2) is 0 Å². The van der Waals surface area contributed by atoms with E-state index < -0.39 is 5.54 Å². The fourth-order valence-corrected chi connectivity index (χ4v) is 2.88. The summed E-state index contributed by atoms with van der Waals surface area (Å²) in [5.74, 6) is 0.769. The first-order chi connectivity index (χ1) is 8.25. The number of hydrogen-bond acceptors (Lipinski definition) is 2. The van der Waals surface area contributed by atoms with Crippen LogP contribution < -0.4 is 5.32 Å². The average Bonchev–Trinajstić information content (AvgIpc) is 3.04. The number of piperazine rings is 1. The zero-order valence-corrected chi connectivity index (χ0v) is 12.0. The predicted molar refractivity (Wildman–Crippen MR) is 69.9 cm³/mol. The van der Waals surface area contributed by atoms with E-state index in [1.165, 1.54) is 12.8 Å². The number of nitrogens with one attached hydrogen (secondary N) is 1. The second-order valence-corrected chi connectivity index (χ2v) is 6.59. The zero-order chi connectivity index (χ0) is 13.7. The molecule has 1 saturated carbocycles. The Balaban J connectivity index is 2.32. The summed E-state index contributed by atoms with van der Waals surface area (Å²) in [4.78, 5) is 26.7. The molecule has 1 aliphatic heterocycles. The van der Waals surface area contributed by atoms with E-state index in [4.69, 9.17) is 0 Å². The fourth-order valence-electron chi connectivity index (χ4n) is 2.88. The van der Waals surface area contributed by atoms with Crippen LogP contribution in [-0.2, 0) is 9.59 Å². The highest BCUT2D eigenvalue weighted by Gasteiger charge is 2.50. The van der Waals surface area contributed by atoms with Gasteiger partial charge >= 0.3 is 0 Å². The van der Waals surface area contributed by atoms with Crippen LogP contribution in [0.15, 0.2) is 0 Å². The monoisotopic (exact) mass is 252 g/mol. The smallest absolute Gasteiger partial charge is 0.248 e. The molecule has 0 bridgehead atoms. The maximum atomic E-state index is 12.6. The van der Waals surface area contributed by atoms with Crippen LogP contribution in [-0.4, -0.2) is 34.3 Å². The van der Waals surface area contributed by atoms with Crippen molar-refractivity contribution in [3.63, 3.8) is 0 Å². The lowest BCUT2D eigenvalue weighted by Crippen LogP contribution is -2.71. The zero-order valence-electron chi connectivity index (χ0n) is 12.0. The van der Waals surface area contributed by atoms with Crippen molar-refractivity contribution in [2.45, 2.75) is 65.1 Å². The Morgan fingerprint density at radius 3 is 2.22 bits per heavy atom. The van der Waals surface area contributed by atoms with Crippen LogP contribution in [0.2, 0.25) is 0 Å². The Morgan fingerprint density at radius 2 is 1.78 bits per heavy atom. The van der Waals surface area contributed by atoms with Crippen molar-refractivity contribution in [2.75, 3.05) is 0 Å². The highest BCUT2D eigenvalue weighted by molar-refractivity contribution is 5.99. The highest BCUT2D eigenvalue weighted by Crippen LogP contribution is 2.38. The minimum atomic E-state index is -0.772. The second-order valence-electron chi connectivity index (χ2n) is 6.59. The standard InChI is InChI=1S/C14H24N2O2/c1-8(2)11-12(17)15-14(4,5)13(18)16(11)9(3)10-6-7-10/h8-11H,6-7H2,1-5H3,(H,15,17). The molecular formula is C14H24N2O2. The molecular weight excluding hydrogens is 228 g/mol. The van der Waals surface area contributed by atoms with Gasteiger partial charge in [-0.1, -0.05) is 13.8 Å². The normalized spacial score (nSPS) is 29.4. The van der Waals surface area contributed by atoms with Crippen LogP contribution in [0.4, 0.5) is 0 Å². The summed E-state index contributed by atoms with van der Waals surface area (Å²) < 4.78 is 0. The average molecular weight is 252 g/mol. The van der Waals surface area contributed by atoms with Gasteiger partial charge < -0.3 is 10.2 Å². The molecule has 0 aromatic heterocycles. The SMILES string of the molecule is CC(C)C1C(=O)NC(C)(C)C(=O)N1C(C)C1CC1. The van der Waals surface area contributed by atoms with Crippen molar-refractivity contribution in [1.29, 1.82) is 0 Å². The molecule has 0 spiro atoms. The van der Waals surface area contributed by atoms with Crippen LogP contribution in [0.25, 0.3) is 0 Å². The third-order valence-corrected chi connectivity index (χ3v) is 4.15. The summed E-state index contributed by atoms with van der Waals surface area (Å²) in [5.41, 5.74) is -0.772. The molecule has 2 atom stereocenters. The van der Waals surface area contributed by atoms with Gasteiger partial charge in [-0.3, -0.25) is 9.59 Å². The molecule has 2 rings (SSSR count). The van der Waals surface area contributed by atoms with Crippen LogP contribution in [0.1, 0.15) is 47.5 Å². The minimum Gasteiger partial charge on any atom is -0.340 e. The molecule has 4 heteroatoms. The lowest BCUT2D eigenvalue weighted by molar-refractivity contribution is -0.158. The number of carbonyl (C=O) groups excluding carboxylic acids is 2. The van der Waals surface area contributed by atoms with Gasteiger partial charge in [-0.05, 0) is 45.4 Å². The van der Waals surface area contributed by atoms with E-state index in [0.717, 1.165) is 0 Å². The van der Waals surface area contributed by atoms with E-state index in [-0.39, 0.29) is 29.8 Å². The van der Waals surface area contributed by atoms with Gasteiger partial charge in [-0.2, -0.15) is 0 Å². The fraction of sp³-hybridized carbons (Fsp3) is 0.857. The van der Waals surface area contributed by atoms with Crippen LogP contribution in [0.3, 0.4) is 0 Å². The van der Waals surface area contributed by atoms with Crippen molar-refractivity contribution in [2.24, 2.45) is 11.8 Å². The number of hydrogen-bond donors (Lipinski definition) is 1. The van der Waals surface area contributed by atoms with E-state index in [1.807, 2.05) is 18.7 Å². The van der Waals surface area contributed by atoms with Crippen LogP contribution >= 0.6 is 0 Å². The van der Waals surface area contributed by atoms with Gasteiger partial charge in [0, 0.05) is 6.04 Å². The Hall–Kier alpha value is -1.06. The summed E-state index contributed by atoms with van der Waals surface area (Å²) in [6.07, 6.45) is 2.36. The first-order valence-corrected chi connectivity index (χ1v) is 6.90. The van der Waals surface area contributed by atoms with Gasteiger partial charge in [0.2, 0.25) is 11.8 Å². The molecule has 4 nitrogen and oxygen atoms in total. The van der Waals surface area contributed by atoms with E-state index in [2.05, 4.69) is 12.2 Å². The second kappa shape index (κ2) is 4.25. The quantitative estimate of drug-likeness (QED) is 0.828. The molecule has 2 fully saturated rings. The molecule has 0 aromatic rings. The number of nitrogens with zero attached hydrogens (tertiary/aromatic N) is 1. The topological polar surface area (TPSA) is 49.4 Å². The van der Waals surface area contributed by atoms with Gasteiger partial charge in [0.25, 0.3) is 0 Å². The largest absolute Gasteiger partial charge is 0.340 e. The summed E-state index contributed by atoms with van der Waals surface area (Å²) in [5, 5.41) is 2.85. The van der Waals surface area contributed by atoms with Crippen LogP contribution in [0.5, 0.6) is 0 Å². The molecule has 1 N–H and O–H groups in total. The summed E-state index contributed by atoms with van der Waals surface area (Å²) in [6, 6.07) is -0.142.